The maximum atomic E-state index is 4.41. The summed E-state index contributed by atoms with van der Waals surface area (Å²) in [5, 5.41) is 8.17. The number of rotatable bonds is 2. The van der Waals surface area contributed by atoms with E-state index in [1.807, 2.05) is 32.0 Å². The highest BCUT2D eigenvalue weighted by Gasteiger charge is 2.05. The molecule has 0 aliphatic rings. The van der Waals surface area contributed by atoms with E-state index >= 15 is 0 Å². The lowest BCUT2D eigenvalue weighted by Gasteiger charge is -2.04. The molecule has 1 heterocycles. The number of aryl methyl sites for hydroxylation is 2. The Morgan fingerprint density at radius 1 is 1.06 bits per heavy atom. The van der Waals surface area contributed by atoms with Gasteiger partial charge in [-0.2, -0.15) is 5.10 Å². The number of halogens is 1. The molecule has 2 aromatic rings. The molecule has 3 nitrogen and oxygen atoms in total. The molecule has 0 aliphatic carbocycles. The van der Waals surface area contributed by atoms with Crippen molar-refractivity contribution in [3.8, 4) is 0 Å². The number of nitrogens with zero attached hydrogens (tertiary/aromatic N) is 3. The topological polar surface area (TPSA) is 38.7 Å². The molecule has 2 rings (SSSR count). The molecule has 0 fully saturated rings. The Morgan fingerprint density at radius 2 is 1.81 bits per heavy atom. The highest BCUT2D eigenvalue weighted by molar-refractivity contribution is 9.10. The van der Waals surface area contributed by atoms with Crippen LogP contribution in [0.25, 0.3) is 0 Å². The summed E-state index contributed by atoms with van der Waals surface area (Å²) in [6.07, 6.45) is 0.704. The van der Waals surface area contributed by atoms with E-state index in [9.17, 15) is 0 Å². The van der Waals surface area contributed by atoms with Crippen LogP contribution in [-0.2, 0) is 6.42 Å². The van der Waals surface area contributed by atoms with Gasteiger partial charge in [0, 0.05) is 10.9 Å². The Balaban J connectivity index is 2.28. The Labute approximate surface area is 103 Å². The summed E-state index contributed by atoms with van der Waals surface area (Å²) in [6, 6.07) is 8.08. The van der Waals surface area contributed by atoms with Gasteiger partial charge in [0.2, 0.25) is 0 Å². The fraction of sp³-hybridized carbons (Fsp3) is 0.250. The molecular formula is C12H12BrN3. The van der Waals surface area contributed by atoms with E-state index in [-0.39, 0.29) is 0 Å². The first-order valence-electron chi connectivity index (χ1n) is 5.07. The second-order valence-electron chi connectivity index (χ2n) is 3.67. The van der Waals surface area contributed by atoms with Gasteiger partial charge in [0.05, 0.1) is 11.4 Å². The maximum absolute atomic E-state index is 4.41. The molecule has 0 saturated carbocycles. The van der Waals surface area contributed by atoms with Gasteiger partial charge in [0.1, 0.15) is 0 Å². The molecule has 0 saturated heterocycles. The van der Waals surface area contributed by atoms with Crippen LogP contribution < -0.4 is 0 Å². The summed E-state index contributed by atoms with van der Waals surface area (Å²) < 4.78 is 1.08. The Morgan fingerprint density at radius 3 is 2.50 bits per heavy atom. The fourth-order valence-electron chi connectivity index (χ4n) is 1.39. The van der Waals surface area contributed by atoms with E-state index < -0.39 is 0 Å². The molecule has 0 atom stereocenters. The lowest BCUT2D eigenvalue weighted by Crippen LogP contribution is -2.03. The molecule has 82 valence electrons. The van der Waals surface area contributed by atoms with Crippen molar-refractivity contribution in [2.75, 3.05) is 0 Å². The third-order valence-electron chi connectivity index (χ3n) is 2.44. The van der Waals surface area contributed by atoms with E-state index in [1.165, 1.54) is 5.56 Å². The molecule has 0 unspecified atom stereocenters. The number of benzene rings is 1. The predicted molar refractivity (Wildman–Crippen MR) is 66.2 cm³/mol. The highest BCUT2D eigenvalue weighted by atomic mass is 79.9. The van der Waals surface area contributed by atoms with Crippen molar-refractivity contribution in [1.29, 1.82) is 0 Å². The Kier molecular flexibility index (Phi) is 3.29. The van der Waals surface area contributed by atoms with Gasteiger partial charge < -0.3 is 0 Å². The van der Waals surface area contributed by atoms with Crippen molar-refractivity contribution >= 4 is 15.9 Å². The van der Waals surface area contributed by atoms with Crippen molar-refractivity contribution in [3.63, 3.8) is 0 Å². The molecule has 0 amide bonds. The average molecular weight is 278 g/mol. The highest BCUT2D eigenvalue weighted by Crippen LogP contribution is 2.18. The summed E-state index contributed by atoms with van der Waals surface area (Å²) >= 11 is 3.51. The largest absolute Gasteiger partial charge is 0.234 e. The van der Waals surface area contributed by atoms with E-state index in [2.05, 4.69) is 37.2 Å². The standard InChI is InChI=1S/C12H12BrN3/c1-8-9(2)15-16-12(14-8)7-10-5-3-4-6-11(10)13/h3-6H,7H2,1-2H3. The molecule has 0 N–H and O–H groups in total. The van der Waals surface area contributed by atoms with Crippen LogP contribution in [0, 0.1) is 13.8 Å². The zero-order valence-corrected chi connectivity index (χ0v) is 10.8. The molecule has 1 aromatic heterocycles. The molecule has 0 radical (unpaired) electrons. The van der Waals surface area contributed by atoms with Gasteiger partial charge in [-0.15, -0.1) is 5.10 Å². The van der Waals surface area contributed by atoms with Crippen molar-refractivity contribution in [2.24, 2.45) is 0 Å². The zero-order valence-electron chi connectivity index (χ0n) is 9.24. The minimum Gasteiger partial charge on any atom is -0.234 e. The van der Waals surface area contributed by atoms with Gasteiger partial charge >= 0.3 is 0 Å². The zero-order chi connectivity index (χ0) is 11.5. The first kappa shape index (κ1) is 11.2. The molecule has 16 heavy (non-hydrogen) atoms. The van der Waals surface area contributed by atoms with Gasteiger partial charge in [-0.25, -0.2) is 4.98 Å². The second-order valence-corrected chi connectivity index (χ2v) is 4.52. The molecule has 1 aromatic carbocycles. The molecule has 0 aliphatic heterocycles. The van der Waals surface area contributed by atoms with Crippen LogP contribution in [0.3, 0.4) is 0 Å². The van der Waals surface area contributed by atoms with Crippen molar-refractivity contribution in [3.05, 3.63) is 51.5 Å². The van der Waals surface area contributed by atoms with Crippen LogP contribution >= 0.6 is 15.9 Å². The summed E-state index contributed by atoms with van der Waals surface area (Å²) in [5.41, 5.74) is 3.00. The molecule has 0 bridgehead atoms. The Hall–Kier alpha value is -1.29. The summed E-state index contributed by atoms with van der Waals surface area (Å²) in [5.74, 6) is 0.759. The third kappa shape index (κ3) is 2.44. The van der Waals surface area contributed by atoms with Crippen LogP contribution in [-0.4, -0.2) is 15.2 Å². The summed E-state index contributed by atoms with van der Waals surface area (Å²) in [7, 11) is 0. The van der Waals surface area contributed by atoms with E-state index in [1.54, 1.807) is 0 Å². The summed E-state index contributed by atoms with van der Waals surface area (Å²) in [6.45, 7) is 3.87. The van der Waals surface area contributed by atoms with Gasteiger partial charge in [0.15, 0.2) is 5.82 Å². The molecule has 4 heteroatoms. The third-order valence-corrected chi connectivity index (χ3v) is 3.22. The number of hydrogen-bond acceptors (Lipinski definition) is 3. The van der Waals surface area contributed by atoms with Crippen LogP contribution in [0.1, 0.15) is 22.8 Å². The van der Waals surface area contributed by atoms with Crippen LogP contribution in [0.5, 0.6) is 0 Å². The van der Waals surface area contributed by atoms with Gasteiger partial charge in [-0.1, -0.05) is 34.1 Å². The number of aromatic nitrogens is 3. The van der Waals surface area contributed by atoms with Crippen molar-refractivity contribution in [1.82, 2.24) is 15.2 Å². The second kappa shape index (κ2) is 4.70. The average Bonchev–Trinajstić information content (AvgIpc) is 2.27. The van der Waals surface area contributed by atoms with Crippen molar-refractivity contribution in [2.45, 2.75) is 20.3 Å². The van der Waals surface area contributed by atoms with Crippen LogP contribution in [0.15, 0.2) is 28.7 Å². The normalized spacial score (nSPS) is 10.4. The van der Waals surface area contributed by atoms with Crippen LogP contribution in [0.2, 0.25) is 0 Å². The molecular weight excluding hydrogens is 266 g/mol. The lowest BCUT2D eigenvalue weighted by molar-refractivity contribution is 0.816. The Bertz CT molecular complexity index is 511. The lowest BCUT2D eigenvalue weighted by atomic mass is 10.1. The van der Waals surface area contributed by atoms with Gasteiger partial charge in [-0.3, -0.25) is 0 Å². The van der Waals surface area contributed by atoms with Gasteiger partial charge in [0.25, 0.3) is 0 Å². The quantitative estimate of drug-likeness (QED) is 0.847. The monoisotopic (exact) mass is 277 g/mol. The van der Waals surface area contributed by atoms with Gasteiger partial charge in [-0.05, 0) is 25.5 Å². The maximum Gasteiger partial charge on any atom is 0.155 e. The first-order valence-corrected chi connectivity index (χ1v) is 5.86. The fourth-order valence-corrected chi connectivity index (χ4v) is 1.81. The smallest absolute Gasteiger partial charge is 0.155 e. The van der Waals surface area contributed by atoms with Crippen LogP contribution in [0.4, 0.5) is 0 Å². The first-order chi connectivity index (χ1) is 7.66. The molecule has 0 spiro atoms. The minimum absolute atomic E-state index is 0.704. The SMILES string of the molecule is Cc1nnc(Cc2ccccc2Br)nc1C. The van der Waals surface area contributed by atoms with E-state index in [0.29, 0.717) is 6.42 Å². The van der Waals surface area contributed by atoms with Crippen molar-refractivity contribution < 1.29 is 0 Å². The van der Waals surface area contributed by atoms with E-state index in [0.717, 1.165) is 21.7 Å². The predicted octanol–water partition coefficient (Wildman–Crippen LogP) is 2.84. The summed E-state index contributed by atoms with van der Waals surface area (Å²) in [4.78, 5) is 4.41. The van der Waals surface area contributed by atoms with E-state index in [4.69, 9.17) is 0 Å². The number of hydrogen-bond donors (Lipinski definition) is 0. The minimum atomic E-state index is 0.704.